The number of hydrogen-bond acceptors (Lipinski definition) is 5. The largest absolute Gasteiger partial charge is 0.459 e. The van der Waals surface area contributed by atoms with Gasteiger partial charge in [-0.3, -0.25) is 9.98 Å². The highest BCUT2D eigenvalue weighted by Gasteiger charge is 2.17. The quantitative estimate of drug-likeness (QED) is 0.841. The van der Waals surface area contributed by atoms with Gasteiger partial charge in [0.25, 0.3) is 0 Å². The molecule has 3 rings (SSSR count). The van der Waals surface area contributed by atoms with E-state index in [1.165, 1.54) is 0 Å². The Kier molecular flexibility index (Phi) is 2.91. The lowest BCUT2D eigenvalue weighted by molar-refractivity contribution is 0.278. The van der Waals surface area contributed by atoms with Crippen molar-refractivity contribution in [2.75, 3.05) is 0 Å². The molecule has 5 nitrogen and oxygen atoms in total. The summed E-state index contributed by atoms with van der Waals surface area (Å²) in [5.41, 5.74) is 2.12. The molecule has 0 aromatic carbocycles. The Morgan fingerprint density at radius 3 is 2.95 bits per heavy atom. The first-order valence-corrected chi connectivity index (χ1v) is 5.82. The first kappa shape index (κ1) is 11.7. The van der Waals surface area contributed by atoms with E-state index >= 15 is 0 Å². The fourth-order valence-electron chi connectivity index (χ4n) is 1.59. The normalized spacial score (nSPS) is 16.4. The van der Waals surface area contributed by atoms with Gasteiger partial charge in [-0.15, -0.1) is 0 Å². The van der Waals surface area contributed by atoms with Crippen LogP contribution < -0.4 is 4.74 Å². The van der Waals surface area contributed by atoms with Gasteiger partial charge in [-0.25, -0.2) is 9.37 Å². The van der Waals surface area contributed by atoms with Gasteiger partial charge in [0.15, 0.2) is 5.82 Å². The Morgan fingerprint density at radius 1 is 1.37 bits per heavy atom. The van der Waals surface area contributed by atoms with Gasteiger partial charge >= 0.3 is 6.01 Å². The van der Waals surface area contributed by atoms with E-state index in [4.69, 9.17) is 4.74 Å². The van der Waals surface area contributed by atoms with Crippen molar-refractivity contribution in [3.8, 4) is 6.01 Å². The molecular formula is C13H11FN4O. The van der Waals surface area contributed by atoms with Gasteiger partial charge in [-0.2, -0.15) is 4.98 Å². The second kappa shape index (κ2) is 4.72. The number of halogens is 1. The van der Waals surface area contributed by atoms with Crippen LogP contribution in [0.2, 0.25) is 0 Å². The molecule has 0 bridgehead atoms. The molecule has 0 radical (unpaired) electrons. The van der Waals surface area contributed by atoms with Crippen LogP contribution in [0.5, 0.6) is 6.01 Å². The summed E-state index contributed by atoms with van der Waals surface area (Å²) in [6.45, 7) is 1.88. The number of hydrogen-bond donors (Lipinski definition) is 0. The van der Waals surface area contributed by atoms with Gasteiger partial charge in [-0.05, 0) is 24.6 Å². The third-order valence-electron chi connectivity index (χ3n) is 2.71. The molecule has 1 unspecified atom stereocenters. The van der Waals surface area contributed by atoms with Crippen LogP contribution in [0.3, 0.4) is 0 Å². The number of aromatic nitrogens is 3. The Balaban J connectivity index is 1.68. The van der Waals surface area contributed by atoms with Gasteiger partial charge in [0.05, 0.1) is 17.6 Å². The minimum atomic E-state index is -0.440. The summed E-state index contributed by atoms with van der Waals surface area (Å²) < 4.78 is 18.4. The van der Waals surface area contributed by atoms with Gasteiger partial charge in [0.1, 0.15) is 12.6 Å². The lowest BCUT2D eigenvalue weighted by Crippen LogP contribution is -2.02. The Labute approximate surface area is 109 Å². The van der Waals surface area contributed by atoms with E-state index in [9.17, 15) is 4.39 Å². The smallest absolute Gasteiger partial charge is 0.317 e. The van der Waals surface area contributed by atoms with Crippen LogP contribution in [0.1, 0.15) is 23.0 Å². The number of ether oxygens (including phenoxy) is 1. The first-order valence-electron chi connectivity index (χ1n) is 5.82. The fraction of sp³-hybridized carbons (Fsp3) is 0.231. The topological polar surface area (TPSA) is 60.3 Å². The minimum absolute atomic E-state index is 0.115. The predicted molar refractivity (Wildman–Crippen MR) is 66.5 cm³/mol. The molecule has 0 spiro atoms. The molecular weight excluding hydrogens is 247 g/mol. The van der Waals surface area contributed by atoms with Gasteiger partial charge in [0.2, 0.25) is 0 Å². The number of aliphatic imine (C=N–C) groups is 1. The first-order chi connectivity index (χ1) is 9.22. The zero-order chi connectivity index (χ0) is 13.2. The fourth-order valence-corrected chi connectivity index (χ4v) is 1.59. The summed E-state index contributed by atoms with van der Waals surface area (Å²) in [5.74, 6) is -0.440. The molecule has 96 valence electrons. The van der Waals surface area contributed by atoms with Crippen LogP contribution in [0, 0.1) is 12.7 Å². The van der Waals surface area contributed by atoms with E-state index in [-0.39, 0.29) is 17.7 Å². The molecule has 1 aliphatic rings. The maximum Gasteiger partial charge on any atom is 0.317 e. The van der Waals surface area contributed by atoms with Crippen LogP contribution >= 0.6 is 0 Å². The Hall–Kier alpha value is -2.37. The summed E-state index contributed by atoms with van der Waals surface area (Å²) in [7, 11) is 0. The Bertz CT molecular complexity index is 638. The van der Waals surface area contributed by atoms with Crippen LogP contribution in [0.25, 0.3) is 0 Å². The van der Waals surface area contributed by atoms with Crippen molar-refractivity contribution < 1.29 is 9.13 Å². The second-order valence-electron chi connectivity index (χ2n) is 4.21. The summed E-state index contributed by atoms with van der Waals surface area (Å²) in [5, 5.41) is 0. The molecule has 3 heterocycles. The van der Waals surface area contributed by atoms with Crippen molar-refractivity contribution in [1.29, 1.82) is 0 Å². The van der Waals surface area contributed by atoms with Crippen LogP contribution in [0.4, 0.5) is 4.39 Å². The van der Waals surface area contributed by atoms with E-state index in [0.29, 0.717) is 6.61 Å². The van der Waals surface area contributed by atoms with E-state index in [2.05, 4.69) is 19.9 Å². The number of rotatable bonds is 4. The lowest BCUT2D eigenvalue weighted by Gasteiger charge is -2.06. The zero-order valence-corrected chi connectivity index (χ0v) is 10.2. The molecule has 2 aromatic heterocycles. The SMILES string of the molecule is Cc1nc(OCc2ccnc(C3C=N3)c2)ncc1F. The van der Waals surface area contributed by atoms with Crippen LogP contribution in [0.15, 0.2) is 29.5 Å². The predicted octanol–water partition coefficient (Wildman–Crippen LogP) is 2.02. The Morgan fingerprint density at radius 2 is 2.21 bits per heavy atom. The summed E-state index contributed by atoms with van der Waals surface area (Å²) in [6, 6.07) is 4.06. The average molecular weight is 258 g/mol. The third-order valence-corrected chi connectivity index (χ3v) is 2.71. The number of aryl methyl sites for hydroxylation is 1. The van der Waals surface area contributed by atoms with Gasteiger partial charge < -0.3 is 4.74 Å². The van der Waals surface area contributed by atoms with E-state index in [1.54, 1.807) is 13.1 Å². The molecule has 0 saturated carbocycles. The molecule has 0 saturated heterocycles. The molecule has 1 aliphatic heterocycles. The van der Waals surface area contributed by atoms with Crippen molar-refractivity contribution in [3.63, 3.8) is 0 Å². The molecule has 1 atom stereocenters. The number of pyridine rings is 1. The standard InChI is InChI=1S/C13H11FN4O/c1-8-10(14)5-17-13(18-8)19-7-9-2-3-15-11(4-9)12-6-16-12/h2-6,12H,7H2,1H3. The molecule has 0 N–H and O–H groups in total. The molecule has 2 aromatic rings. The second-order valence-corrected chi connectivity index (χ2v) is 4.21. The zero-order valence-electron chi connectivity index (χ0n) is 10.2. The molecule has 0 amide bonds. The van der Waals surface area contributed by atoms with Crippen molar-refractivity contribution in [2.24, 2.45) is 4.99 Å². The maximum atomic E-state index is 13.0. The highest BCUT2D eigenvalue weighted by Crippen LogP contribution is 2.22. The highest BCUT2D eigenvalue weighted by molar-refractivity contribution is 5.79. The van der Waals surface area contributed by atoms with E-state index < -0.39 is 5.82 Å². The van der Waals surface area contributed by atoms with E-state index in [0.717, 1.165) is 17.5 Å². The minimum Gasteiger partial charge on any atom is -0.459 e. The van der Waals surface area contributed by atoms with Crippen molar-refractivity contribution in [1.82, 2.24) is 15.0 Å². The van der Waals surface area contributed by atoms with Gasteiger partial charge in [0, 0.05) is 12.4 Å². The molecule has 0 fully saturated rings. The summed E-state index contributed by atoms with van der Waals surface area (Å²) in [4.78, 5) is 16.0. The van der Waals surface area contributed by atoms with Crippen molar-refractivity contribution in [2.45, 2.75) is 19.6 Å². The molecule has 19 heavy (non-hydrogen) atoms. The van der Waals surface area contributed by atoms with Gasteiger partial charge in [-0.1, -0.05) is 0 Å². The van der Waals surface area contributed by atoms with Crippen LogP contribution in [-0.4, -0.2) is 21.2 Å². The monoisotopic (exact) mass is 258 g/mol. The number of nitrogens with zero attached hydrogens (tertiary/aromatic N) is 4. The molecule has 6 heteroatoms. The van der Waals surface area contributed by atoms with Crippen molar-refractivity contribution in [3.05, 3.63) is 47.3 Å². The van der Waals surface area contributed by atoms with Crippen LogP contribution in [-0.2, 0) is 6.61 Å². The summed E-state index contributed by atoms with van der Waals surface area (Å²) in [6.07, 6.45) is 4.65. The van der Waals surface area contributed by atoms with Crippen molar-refractivity contribution >= 4 is 6.21 Å². The summed E-state index contributed by atoms with van der Waals surface area (Å²) >= 11 is 0. The average Bonchev–Trinajstić information content (AvgIpc) is 3.25. The maximum absolute atomic E-state index is 13.0. The molecule has 0 aliphatic carbocycles. The third kappa shape index (κ3) is 2.73. The van der Waals surface area contributed by atoms with E-state index in [1.807, 2.05) is 18.3 Å². The highest BCUT2D eigenvalue weighted by atomic mass is 19.1. The lowest BCUT2D eigenvalue weighted by atomic mass is 10.2.